The highest BCUT2D eigenvalue weighted by Gasteiger charge is 2.25. The van der Waals surface area contributed by atoms with Gasteiger partial charge in [-0.25, -0.2) is 4.98 Å². The number of fused-ring (bicyclic) bond motifs is 1. The third-order valence-electron chi connectivity index (χ3n) is 4.47. The van der Waals surface area contributed by atoms with E-state index in [1.807, 2.05) is 0 Å². The zero-order chi connectivity index (χ0) is 14.1. The van der Waals surface area contributed by atoms with E-state index in [1.165, 1.54) is 30.5 Å². The van der Waals surface area contributed by atoms with Gasteiger partial charge in [0.05, 0.1) is 16.9 Å². The Morgan fingerprint density at radius 1 is 1.40 bits per heavy atom. The second kappa shape index (κ2) is 5.74. The zero-order valence-corrected chi connectivity index (χ0v) is 13.0. The van der Waals surface area contributed by atoms with Crippen LogP contribution in [0.2, 0.25) is 0 Å². The fraction of sp³-hybridized carbons (Fsp3) is 0.562. The molecule has 0 saturated carbocycles. The van der Waals surface area contributed by atoms with E-state index in [4.69, 9.17) is 16.6 Å². The average Bonchev–Trinajstić information content (AvgIpc) is 3.04. The van der Waals surface area contributed by atoms with E-state index in [2.05, 4.69) is 41.5 Å². The number of benzene rings is 1. The van der Waals surface area contributed by atoms with Gasteiger partial charge in [0, 0.05) is 12.6 Å². The van der Waals surface area contributed by atoms with E-state index < -0.39 is 0 Å². The minimum absolute atomic E-state index is 0.479. The number of para-hydroxylation sites is 1. The molecule has 0 spiro atoms. The molecule has 1 unspecified atom stereocenters. The second-order valence-electron chi connectivity index (χ2n) is 5.64. The van der Waals surface area contributed by atoms with Gasteiger partial charge in [-0.3, -0.25) is 4.90 Å². The average molecular weight is 292 g/mol. The lowest BCUT2D eigenvalue weighted by atomic mass is 10.2. The van der Waals surface area contributed by atoms with Crippen molar-refractivity contribution in [1.82, 2.24) is 14.5 Å². The molecular formula is C16H22ClN3. The molecule has 2 heterocycles. The fourth-order valence-electron chi connectivity index (χ4n) is 3.44. The van der Waals surface area contributed by atoms with E-state index in [0.29, 0.717) is 11.9 Å². The first-order valence-corrected chi connectivity index (χ1v) is 8.02. The number of likely N-dealkylation sites (tertiary alicyclic amines) is 1. The molecule has 2 aromatic rings. The summed E-state index contributed by atoms with van der Waals surface area (Å²) < 4.78 is 2.34. The number of hydrogen-bond acceptors (Lipinski definition) is 2. The lowest BCUT2D eigenvalue weighted by molar-refractivity contribution is 0.245. The Kier molecular flexibility index (Phi) is 3.99. The molecule has 1 aliphatic heterocycles. The first-order valence-electron chi connectivity index (χ1n) is 7.49. The molecule has 1 fully saturated rings. The minimum Gasteiger partial charge on any atom is -0.325 e. The van der Waals surface area contributed by atoms with Gasteiger partial charge in [0.1, 0.15) is 5.82 Å². The fourth-order valence-corrected chi connectivity index (χ4v) is 3.64. The highest BCUT2D eigenvalue weighted by molar-refractivity contribution is 6.16. The Balaban J connectivity index is 2.01. The van der Waals surface area contributed by atoms with Gasteiger partial charge in [-0.15, -0.1) is 11.6 Å². The summed E-state index contributed by atoms with van der Waals surface area (Å²) in [4.78, 5) is 7.27. The second-order valence-corrected chi connectivity index (χ2v) is 5.91. The Labute approximate surface area is 125 Å². The van der Waals surface area contributed by atoms with Gasteiger partial charge in [-0.05, 0) is 44.5 Å². The van der Waals surface area contributed by atoms with E-state index in [0.717, 1.165) is 24.4 Å². The lowest BCUT2D eigenvalue weighted by Gasteiger charge is -2.24. The molecule has 4 heteroatoms. The Bertz CT molecular complexity index is 605. The van der Waals surface area contributed by atoms with Gasteiger partial charge >= 0.3 is 0 Å². The van der Waals surface area contributed by atoms with Crippen LogP contribution < -0.4 is 0 Å². The molecule has 0 radical (unpaired) electrons. The number of hydrogen-bond donors (Lipinski definition) is 0. The quantitative estimate of drug-likeness (QED) is 0.803. The molecule has 1 aromatic heterocycles. The molecule has 0 aliphatic carbocycles. The summed E-state index contributed by atoms with van der Waals surface area (Å²) >= 11 is 6.11. The summed E-state index contributed by atoms with van der Waals surface area (Å²) in [5, 5.41) is 0. The van der Waals surface area contributed by atoms with Gasteiger partial charge in [0.15, 0.2) is 0 Å². The number of aromatic nitrogens is 2. The number of alkyl halides is 1. The standard InChI is InChI=1S/C16H22ClN3/c1-3-19-9-5-7-13(19)11-20-15(10-17)18-14-8-4-6-12(2)16(14)20/h4,6,8,13H,3,5,7,9-11H2,1-2H3. The molecule has 1 aromatic carbocycles. The normalized spacial score (nSPS) is 20.1. The summed E-state index contributed by atoms with van der Waals surface area (Å²) in [6, 6.07) is 6.94. The van der Waals surface area contributed by atoms with Crippen molar-refractivity contribution in [1.29, 1.82) is 0 Å². The molecule has 20 heavy (non-hydrogen) atoms. The Morgan fingerprint density at radius 3 is 3.00 bits per heavy atom. The summed E-state index contributed by atoms with van der Waals surface area (Å²) in [5.41, 5.74) is 3.61. The number of halogens is 1. The SMILES string of the molecule is CCN1CCCC1Cn1c(CCl)nc2cccc(C)c21. The maximum atomic E-state index is 6.11. The van der Waals surface area contributed by atoms with Gasteiger partial charge in [0.25, 0.3) is 0 Å². The van der Waals surface area contributed by atoms with Crippen molar-refractivity contribution in [2.45, 2.75) is 45.2 Å². The maximum absolute atomic E-state index is 6.11. The molecule has 3 nitrogen and oxygen atoms in total. The number of imidazole rings is 1. The lowest BCUT2D eigenvalue weighted by Crippen LogP contribution is -2.33. The topological polar surface area (TPSA) is 21.1 Å². The van der Waals surface area contributed by atoms with Crippen molar-refractivity contribution in [3.8, 4) is 0 Å². The molecular weight excluding hydrogens is 270 g/mol. The molecule has 1 saturated heterocycles. The smallest absolute Gasteiger partial charge is 0.124 e. The van der Waals surface area contributed by atoms with Crippen molar-refractivity contribution in [2.75, 3.05) is 13.1 Å². The summed E-state index contributed by atoms with van der Waals surface area (Å²) in [5.74, 6) is 1.48. The number of aryl methyl sites for hydroxylation is 1. The highest BCUT2D eigenvalue weighted by atomic mass is 35.5. The largest absolute Gasteiger partial charge is 0.325 e. The molecule has 3 rings (SSSR count). The first-order chi connectivity index (χ1) is 9.74. The number of nitrogens with zero attached hydrogens (tertiary/aromatic N) is 3. The summed E-state index contributed by atoms with van der Waals surface area (Å²) in [7, 11) is 0. The van der Waals surface area contributed by atoms with Gasteiger partial charge < -0.3 is 4.57 Å². The van der Waals surface area contributed by atoms with E-state index in [9.17, 15) is 0 Å². The van der Waals surface area contributed by atoms with Crippen LogP contribution in [0.5, 0.6) is 0 Å². The summed E-state index contributed by atoms with van der Waals surface area (Å²) in [6.45, 7) is 7.77. The van der Waals surface area contributed by atoms with Crippen LogP contribution in [-0.4, -0.2) is 33.6 Å². The van der Waals surface area contributed by atoms with Crippen LogP contribution in [0.1, 0.15) is 31.2 Å². The molecule has 0 N–H and O–H groups in total. The van der Waals surface area contributed by atoms with Crippen molar-refractivity contribution in [3.63, 3.8) is 0 Å². The molecule has 0 amide bonds. The van der Waals surface area contributed by atoms with E-state index in [-0.39, 0.29) is 0 Å². The first kappa shape index (κ1) is 13.9. The minimum atomic E-state index is 0.479. The number of rotatable bonds is 4. The van der Waals surface area contributed by atoms with Crippen molar-refractivity contribution >= 4 is 22.6 Å². The molecule has 108 valence electrons. The molecule has 1 atom stereocenters. The van der Waals surface area contributed by atoms with E-state index in [1.54, 1.807) is 0 Å². The number of likely N-dealkylation sites (N-methyl/N-ethyl adjacent to an activating group) is 1. The predicted molar refractivity (Wildman–Crippen MR) is 84.3 cm³/mol. The maximum Gasteiger partial charge on any atom is 0.124 e. The van der Waals surface area contributed by atoms with Crippen LogP contribution in [-0.2, 0) is 12.4 Å². The zero-order valence-electron chi connectivity index (χ0n) is 12.3. The Morgan fingerprint density at radius 2 is 2.25 bits per heavy atom. The molecule has 1 aliphatic rings. The van der Waals surface area contributed by atoms with Crippen molar-refractivity contribution in [2.24, 2.45) is 0 Å². The van der Waals surface area contributed by atoms with Crippen LogP contribution in [0, 0.1) is 6.92 Å². The van der Waals surface area contributed by atoms with Crippen LogP contribution >= 0.6 is 11.6 Å². The monoisotopic (exact) mass is 291 g/mol. The summed E-state index contributed by atoms with van der Waals surface area (Å²) in [6.07, 6.45) is 2.58. The highest BCUT2D eigenvalue weighted by Crippen LogP contribution is 2.25. The van der Waals surface area contributed by atoms with Gasteiger partial charge in [-0.1, -0.05) is 19.1 Å². The van der Waals surface area contributed by atoms with Gasteiger partial charge in [-0.2, -0.15) is 0 Å². The van der Waals surface area contributed by atoms with Crippen molar-refractivity contribution < 1.29 is 0 Å². The predicted octanol–water partition coefficient (Wildman–Crippen LogP) is 3.57. The third-order valence-corrected chi connectivity index (χ3v) is 4.70. The van der Waals surface area contributed by atoms with Gasteiger partial charge in [0.2, 0.25) is 0 Å². The van der Waals surface area contributed by atoms with Crippen LogP contribution in [0.25, 0.3) is 11.0 Å². The van der Waals surface area contributed by atoms with E-state index >= 15 is 0 Å². The third kappa shape index (κ3) is 2.33. The molecule has 0 bridgehead atoms. The van der Waals surface area contributed by atoms with Crippen molar-refractivity contribution in [3.05, 3.63) is 29.6 Å². The van der Waals surface area contributed by atoms with Crippen LogP contribution in [0.15, 0.2) is 18.2 Å². The Hall–Kier alpha value is -1.06. The van der Waals surface area contributed by atoms with Crippen LogP contribution in [0.4, 0.5) is 0 Å². The van der Waals surface area contributed by atoms with Crippen LogP contribution in [0.3, 0.4) is 0 Å².